The summed E-state index contributed by atoms with van der Waals surface area (Å²) >= 11 is 1.31. The van der Waals surface area contributed by atoms with E-state index in [-0.39, 0.29) is 11.4 Å². The van der Waals surface area contributed by atoms with E-state index in [1.807, 2.05) is 0 Å². The number of benzene rings is 1. The molecule has 0 atom stereocenters. The van der Waals surface area contributed by atoms with Crippen LogP contribution in [0.2, 0.25) is 0 Å². The van der Waals surface area contributed by atoms with Gasteiger partial charge in [0.1, 0.15) is 5.82 Å². The number of aromatic amines is 1. The Balaban J connectivity index is 1.80. The van der Waals surface area contributed by atoms with Gasteiger partial charge < -0.3 is 4.98 Å². The molecule has 0 aliphatic heterocycles. The molecule has 0 amide bonds. The molecule has 0 bridgehead atoms. The SMILES string of the molecule is Cc1cc(=O)[nH]c(SCc2nnnn2-c2ccc(F)cc2)n1. The van der Waals surface area contributed by atoms with Crippen LogP contribution in [0, 0.1) is 12.7 Å². The number of hydrogen-bond donors (Lipinski definition) is 1. The Morgan fingerprint density at radius 1 is 1.32 bits per heavy atom. The van der Waals surface area contributed by atoms with Crippen molar-refractivity contribution in [3.63, 3.8) is 0 Å². The molecule has 0 spiro atoms. The predicted octanol–water partition coefficient (Wildman–Crippen LogP) is 1.49. The van der Waals surface area contributed by atoms with Crippen LogP contribution in [0.3, 0.4) is 0 Å². The van der Waals surface area contributed by atoms with Gasteiger partial charge in [-0.15, -0.1) is 5.10 Å². The average molecular weight is 318 g/mol. The fraction of sp³-hybridized carbons (Fsp3) is 0.154. The third kappa shape index (κ3) is 3.19. The summed E-state index contributed by atoms with van der Waals surface area (Å²) in [6, 6.07) is 7.28. The summed E-state index contributed by atoms with van der Waals surface area (Å²) in [5, 5.41) is 12.0. The van der Waals surface area contributed by atoms with Crippen LogP contribution >= 0.6 is 11.8 Å². The van der Waals surface area contributed by atoms with Crippen molar-refractivity contribution in [2.24, 2.45) is 0 Å². The predicted molar refractivity (Wildman–Crippen MR) is 78.3 cm³/mol. The largest absolute Gasteiger partial charge is 0.301 e. The zero-order valence-electron chi connectivity index (χ0n) is 11.5. The Labute approximate surface area is 128 Å². The van der Waals surface area contributed by atoms with E-state index in [2.05, 4.69) is 25.5 Å². The zero-order chi connectivity index (χ0) is 15.5. The molecule has 0 radical (unpaired) electrons. The van der Waals surface area contributed by atoms with E-state index in [9.17, 15) is 9.18 Å². The molecule has 7 nitrogen and oxygen atoms in total. The number of tetrazole rings is 1. The minimum Gasteiger partial charge on any atom is -0.301 e. The van der Waals surface area contributed by atoms with E-state index in [0.29, 0.717) is 28.1 Å². The van der Waals surface area contributed by atoms with Gasteiger partial charge in [0, 0.05) is 11.8 Å². The van der Waals surface area contributed by atoms with Crippen molar-refractivity contribution in [1.82, 2.24) is 30.2 Å². The normalized spacial score (nSPS) is 10.8. The zero-order valence-corrected chi connectivity index (χ0v) is 12.3. The van der Waals surface area contributed by atoms with Gasteiger partial charge in [0.05, 0.1) is 11.4 Å². The summed E-state index contributed by atoms with van der Waals surface area (Å²) in [5.41, 5.74) is 1.10. The first-order chi connectivity index (χ1) is 10.6. The van der Waals surface area contributed by atoms with Crippen molar-refractivity contribution in [2.45, 2.75) is 17.8 Å². The van der Waals surface area contributed by atoms with Gasteiger partial charge in [-0.2, -0.15) is 4.68 Å². The highest BCUT2D eigenvalue weighted by molar-refractivity contribution is 7.98. The lowest BCUT2D eigenvalue weighted by atomic mass is 10.3. The van der Waals surface area contributed by atoms with Crippen LogP contribution in [0.1, 0.15) is 11.5 Å². The molecular weight excluding hydrogens is 307 g/mol. The minimum atomic E-state index is -0.325. The summed E-state index contributed by atoms with van der Waals surface area (Å²) in [5.74, 6) is 0.659. The van der Waals surface area contributed by atoms with E-state index in [1.54, 1.807) is 19.1 Å². The lowest BCUT2D eigenvalue weighted by Gasteiger charge is -2.04. The number of H-pyrrole nitrogens is 1. The molecule has 3 rings (SSSR count). The van der Waals surface area contributed by atoms with Crippen LogP contribution in [-0.4, -0.2) is 30.2 Å². The number of nitrogens with one attached hydrogen (secondary N) is 1. The summed E-state index contributed by atoms with van der Waals surface area (Å²) in [4.78, 5) is 18.3. The molecule has 1 N–H and O–H groups in total. The van der Waals surface area contributed by atoms with Crippen molar-refractivity contribution in [2.75, 3.05) is 0 Å². The molecule has 22 heavy (non-hydrogen) atoms. The molecule has 0 unspecified atom stereocenters. The second-order valence-electron chi connectivity index (χ2n) is 4.46. The monoisotopic (exact) mass is 318 g/mol. The Hall–Kier alpha value is -2.55. The van der Waals surface area contributed by atoms with Gasteiger partial charge in [0.25, 0.3) is 5.56 Å². The molecule has 0 aliphatic rings. The lowest BCUT2D eigenvalue weighted by molar-refractivity contribution is 0.626. The molecule has 1 aromatic carbocycles. The van der Waals surface area contributed by atoms with Crippen molar-refractivity contribution >= 4 is 11.8 Å². The maximum Gasteiger partial charge on any atom is 0.251 e. The van der Waals surface area contributed by atoms with Crippen molar-refractivity contribution in [1.29, 1.82) is 0 Å². The average Bonchev–Trinajstić information content (AvgIpc) is 2.93. The van der Waals surface area contributed by atoms with Crippen LogP contribution in [0.15, 0.2) is 40.3 Å². The van der Waals surface area contributed by atoms with E-state index in [1.165, 1.54) is 34.6 Å². The smallest absolute Gasteiger partial charge is 0.251 e. The molecule has 3 aromatic rings. The van der Waals surface area contributed by atoms with Crippen molar-refractivity contribution in [3.05, 3.63) is 58.0 Å². The number of thioether (sulfide) groups is 1. The van der Waals surface area contributed by atoms with Crippen LogP contribution < -0.4 is 5.56 Å². The molecule has 2 aromatic heterocycles. The fourth-order valence-electron chi connectivity index (χ4n) is 1.83. The molecule has 2 heterocycles. The number of rotatable bonds is 4. The van der Waals surface area contributed by atoms with Gasteiger partial charge in [-0.25, -0.2) is 9.37 Å². The highest BCUT2D eigenvalue weighted by Gasteiger charge is 2.10. The number of hydrogen-bond acceptors (Lipinski definition) is 6. The van der Waals surface area contributed by atoms with Crippen LogP contribution in [0.5, 0.6) is 0 Å². The minimum absolute atomic E-state index is 0.201. The molecule has 112 valence electrons. The van der Waals surface area contributed by atoms with E-state index in [4.69, 9.17) is 0 Å². The molecular formula is C13H11FN6OS. The third-order valence-corrected chi connectivity index (χ3v) is 3.66. The maximum atomic E-state index is 13.0. The van der Waals surface area contributed by atoms with Gasteiger partial charge in [0.2, 0.25) is 0 Å². The number of halogens is 1. The van der Waals surface area contributed by atoms with E-state index in [0.717, 1.165) is 0 Å². The summed E-state index contributed by atoms with van der Waals surface area (Å²) in [6.45, 7) is 1.75. The molecule has 0 saturated carbocycles. The Morgan fingerprint density at radius 2 is 2.09 bits per heavy atom. The number of aryl methyl sites for hydroxylation is 1. The molecule has 0 aliphatic carbocycles. The second kappa shape index (κ2) is 6.06. The van der Waals surface area contributed by atoms with Crippen LogP contribution in [0.25, 0.3) is 5.69 Å². The molecule has 0 fully saturated rings. The van der Waals surface area contributed by atoms with Gasteiger partial charge in [0.15, 0.2) is 11.0 Å². The second-order valence-corrected chi connectivity index (χ2v) is 5.43. The molecule has 9 heteroatoms. The summed E-state index contributed by atoms with van der Waals surface area (Å²) in [6.07, 6.45) is 0. The Morgan fingerprint density at radius 3 is 2.82 bits per heavy atom. The van der Waals surface area contributed by atoms with Gasteiger partial charge in [-0.05, 0) is 41.6 Å². The highest BCUT2D eigenvalue weighted by Crippen LogP contribution is 2.18. The summed E-state index contributed by atoms with van der Waals surface area (Å²) < 4.78 is 14.5. The topological polar surface area (TPSA) is 89.4 Å². The van der Waals surface area contributed by atoms with E-state index < -0.39 is 0 Å². The van der Waals surface area contributed by atoms with Gasteiger partial charge >= 0.3 is 0 Å². The molecule has 0 saturated heterocycles. The fourth-order valence-corrected chi connectivity index (χ4v) is 2.66. The van der Waals surface area contributed by atoms with Crippen LogP contribution in [-0.2, 0) is 5.75 Å². The van der Waals surface area contributed by atoms with Gasteiger partial charge in [-0.1, -0.05) is 11.8 Å². The van der Waals surface area contributed by atoms with Crippen molar-refractivity contribution < 1.29 is 4.39 Å². The van der Waals surface area contributed by atoms with Crippen molar-refractivity contribution in [3.8, 4) is 5.69 Å². The van der Waals surface area contributed by atoms with Gasteiger partial charge in [-0.3, -0.25) is 4.79 Å². The Kier molecular flexibility index (Phi) is 3.96. The lowest BCUT2D eigenvalue weighted by Crippen LogP contribution is -2.08. The maximum absolute atomic E-state index is 13.0. The standard InChI is InChI=1S/C13H11FN6OS/c1-8-6-12(21)16-13(15-8)22-7-11-17-18-19-20(11)10-4-2-9(14)3-5-10/h2-6H,7H2,1H3,(H,15,16,21). The number of aromatic nitrogens is 6. The third-order valence-electron chi connectivity index (χ3n) is 2.79. The Bertz CT molecular complexity index is 844. The first-order valence-corrected chi connectivity index (χ1v) is 7.34. The van der Waals surface area contributed by atoms with Crippen LogP contribution in [0.4, 0.5) is 4.39 Å². The highest BCUT2D eigenvalue weighted by atomic mass is 32.2. The van der Waals surface area contributed by atoms with E-state index >= 15 is 0 Å². The first kappa shape index (κ1) is 14.4. The number of nitrogens with zero attached hydrogens (tertiary/aromatic N) is 5. The first-order valence-electron chi connectivity index (χ1n) is 6.36. The summed E-state index contributed by atoms with van der Waals surface area (Å²) in [7, 11) is 0. The quantitative estimate of drug-likeness (QED) is 0.579.